The maximum absolute atomic E-state index is 13.5. The van der Waals surface area contributed by atoms with Crippen molar-refractivity contribution in [2.24, 2.45) is 16.0 Å². The fourth-order valence-electron chi connectivity index (χ4n) is 3.43. The number of sulfonamides is 1. The standard InChI is InChI=1S/C22H18IN5O3S2/c23-15-9-10-19-18(11-15)20(21(29)27(19)13-14-5-2-1-3-6-14)26-28(22(24)32)16-7-4-8-17(12-16)33(25,30)31/h1-12H,13H2,(H2,24,32)(H2,25,30,31)/b26-20-. The molecule has 8 nitrogen and oxygen atoms in total. The zero-order valence-electron chi connectivity index (χ0n) is 17.1. The highest BCUT2D eigenvalue weighted by Crippen LogP contribution is 2.33. The Morgan fingerprint density at radius 2 is 1.79 bits per heavy atom. The molecule has 0 aliphatic carbocycles. The van der Waals surface area contributed by atoms with Crippen LogP contribution in [0.25, 0.3) is 0 Å². The molecule has 4 N–H and O–H groups in total. The maximum Gasteiger partial charge on any atom is 0.279 e. The van der Waals surface area contributed by atoms with E-state index in [1.54, 1.807) is 11.0 Å². The van der Waals surface area contributed by atoms with Crippen molar-refractivity contribution in [3.05, 3.63) is 87.5 Å². The van der Waals surface area contributed by atoms with Gasteiger partial charge >= 0.3 is 0 Å². The number of anilines is 2. The van der Waals surface area contributed by atoms with Gasteiger partial charge < -0.3 is 10.6 Å². The third-order valence-corrected chi connectivity index (χ3v) is 6.69. The quantitative estimate of drug-likeness (QED) is 0.268. The Hall–Kier alpha value is -2.87. The molecule has 0 unspecified atom stereocenters. The van der Waals surface area contributed by atoms with Crippen molar-refractivity contribution in [1.29, 1.82) is 0 Å². The highest BCUT2D eigenvalue weighted by molar-refractivity contribution is 14.1. The van der Waals surface area contributed by atoms with E-state index in [9.17, 15) is 13.2 Å². The van der Waals surface area contributed by atoms with Crippen molar-refractivity contribution in [3.63, 3.8) is 0 Å². The predicted octanol–water partition coefficient (Wildman–Crippen LogP) is 2.94. The number of carbonyl (C=O) groups is 1. The maximum atomic E-state index is 13.5. The number of carbonyl (C=O) groups excluding carboxylic acids is 1. The Morgan fingerprint density at radius 1 is 1.06 bits per heavy atom. The van der Waals surface area contributed by atoms with E-state index in [2.05, 4.69) is 27.7 Å². The molecule has 1 aliphatic rings. The van der Waals surface area contributed by atoms with Crippen molar-refractivity contribution in [2.45, 2.75) is 11.4 Å². The number of amides is 1. The number of hydrogen-bond acceptors (Lipinski definition) is 5. The van der Waals surface area contributed by atoms with Crippen LogP contribution in [0.1, 0.15) is 11.1 Å². The van der Waals surface area contributed by atoms with Crippen LogP contribution >= 0.6 is 34.8 Å². The van der Waals surface area contributed by atoms with Gasteiger partial charge in [-0.15, -0.1) is 0 Å². The number of halogens is 1. The Balaban J connectivity index is 1.81. The monoisotopic (exact) mass is 591 g/mol. The Bertz CT molecular complexity index is 1390. The van der Waals surface area contributed by atoms with Crippen LogP contribution in [0.4, 0.5) is 11.4 Å². The Labute approximate surface area is 210 Å². The van der Waals surface area contributed by atoms with Gasteiger partial charge in [0, 0.05) is 9.13 Å². The van der Waals surface area contributed by atoms with Gasteiger partial charge in [-0.1, -0.05) is 36.4 Å². The largest absolute Gasteiger partial charge is 0.374 e. The molecule has 4 rings (SSSR count). The van der Waals surface area contributed by atoms with Crippen LogP contribution in [0.3, 0.4) is 0 Å². The van der Waals surface area contributed by atoms with Crippen LogP contribution in [0.15, 0.2) is 82.8 Å². The number of rotatable bonds is 5. The minimum Gasteiger partial charge on any atom is -0.374 e. The van der Waals surface area contributed by atoms with Gasteiger partial charge in [0.2, 0.25) is 10.0 Å². The second kappa shape index (κ2) is 9.17. The number of hydrazone groups is 1. The van der Waals surface area contributed by atoms with Crippen LogP contribution in [0, 0.1) is 3.57 Å². The van der Waals surface area contributed by atoms with Gasteiger partial charge in [0.05, 0.1) is 22.8 Å². The smallest absolute Gasteiger partial charge is 0.279 e. The molecular formula is C22H18IN5O3S2. The number of benzene rings is 3. The molecule has 0 atom stereocenters. The molecule has 0 radical (unpaired) electrons. The number of fused-ring (bicyclic) bond motifs is 1. The lowest BCUT2D eigenvalue weighted by atomic mass is 10.1. The van der Waals surface area contributed by atoms with Gasteiger partial charge in [-0.2, -0.15) is 5.10 Å². The lowest BCUT2D eigenvalue weighted by Crippen LogP contribution is -2.35. The van der Waals surface area contributed by atoms with Crippen LogP contribution in [0.5, 0.6) is 0 Å². The average molecular weight is 591 g/mol. The summed E-state index contributed by atoms with van der Waals surface area (Å²) < 4.78 is 24.5. The highest BCUT2D eigenvalue weighted by atomic mass is 127. The summed E-state index contributed by atoms with van der Waals surface area (Å²) in [7, 11) is -3.96. The molecule has 1 heterocycles. The van der Waals surface area contributed by atoms with Crippen LogP contribution in [-0.2, 0) is 21.4 Å². The first-order valence-corrected chi connectivity index (χ1v) is 12.7. The van der Waals surface area contributed by atoms with Gasteiger partial charge in [-0.25, -0.2) is 18.6 Å². The second-order valence-electron chi connectivity index (χ2n) is 7.18. The third kappa shape index (κ3) is 4.90. The molecule has 33 heavy (non-hydrogen) atoms. The summed E-state index contributed by atoms with van der Waals surface area (Å²) in [5, 5.41) is 10.7. The minimum atomic E-state index is -3.96. The van der Waals surface area contributed by atoms with Gasteiger partial charge in [-0.05, 0) is 76.8 Å². The fraction of sp³-hybridized carbons (Fsp3) is 0.0455. The summed E-state index contributed by atoms with van der Waals surface area (Å²) in [4.78, 5) is 15.0. The molecule has 0 saturated carbocycles. The fourth-order valence-corrected chi connectivity index (χ4v) is 4.62. The molecular weight excluding hydrogens is 573 g/mol. The molecule has 168 valence electrons. The van der Waals surface area contributed by atoms with Crippen LogP contribution in [0.2, 0.25) is 0 Å². The van der Waals surface area contributed by atoms with Gasteiger partial charge in [0.1, 0.15) is 0 Å². The summed E-state index contributed by atoms with van der Waals surface area (Å²) >= 11 is 7.32. The lowest BCUT2D eigenvalue weighted by Gasteiger charge is -2.19. The van der Waals surface area contributed by atoms with Crippen molar-refractivity contribution >= 4 is 72.9 Å². The van der Waals surface area contributed by atoms with Crippen molar-refractivity contribution in [1.82, 2.24) is 0 Å². The molecule has 3 aromatic rings. The second-order valence-corrected chi connectivity index (χ2v) is 10.4. The number of nitrogens with zero attached hydrogens (tertiary/aromatic N) is 3. The highest BCUT2D eigenvalue weighted by Gasteiger charge is 2.35. The van der Waals surface area contributed by atoms with Gasteiger partial charge in [0.25, 0.3) is 5.91 Å². The normalized spacial score (nSPS) is 14.4. The first-order chi connectivity index (χ1) is 15.6. The van der Waals surface area contributed by atoms with Crippen LogP contribution < -0.4 is 20.8 Å². The molecule has 11 heteroatoms. The molecule has 1 aliphatic heterocycles. The lowest BCUT2D eigenvalue weighted by molar-refractivity contribution is -0.112. The number of nitrogens with two attached hydrogens (primary N) is 2. The molecule has 0 spiro atoms. The summed E-state index contributed by atoms with van der Waals surface area (Å²) in [6.45, 7) is 0.361. The Kier molecular flexibility index (Phi) is 6.47. The van der Waals surface area contributed by atoms with E-state index in [1.807, 2.05) is 48.5 Å². The molecule has 0 fully saturated rings. The zero-order valence-corrected chi connectivity index (χ0v) is 20.8. The average Bonchev–Trinajstić information content (AvgIpc) is 3.02. The van der Waals surface area contributed by atoms with E-state index < -0.39 is 10.0 Å². The van der Waals surface area contributed by atoms with E-state index >= 15 is 0 Å². The van der Waals surface area contributed by atoms with Crippen LogP contribution in [-0.4, -0.2) is 25.1 Å². The predicted molar refractivity (Wildman–Crippen MR) is 140 cm³/mol. The van der Waals surface area contributed by atoms with E-state index in [-0.39, 0.29) is 27.3 Å². The summed E-state index contributed by atoms with van der Waals surface area (Å²) in [5.74, 6) is -0.320. The topological polar surface area (TPSA) is 122 Å². The van der Waals surface area contributed by atoms with Crippen molar-refractivity contribution in [3.8, 4) is 0 Å². The Morgan fingerprint density at radius 3 is 2.45 bits per heavy atom. The van der Waals surface area contributed by atoms with Gasteiger partial charge in [-0.3, -0.25) is 4.79 Å². The van der Waals surface area contributed by atoms with Gasteiger partial charge in [0.15, 0.2) is 10.8 Å². The first-order valence-electron chi connectivity index (χ1n) is 9.62. The minimum absolute atomic E-state index is 0.125. The first kappa shape index (κ1) is 23.3. The number of hydrogen-bond donors (Lipinski definition) is 2. The van der Waals surface area contributed by atoms with E-state index in [4.69, 9.17) is 23.1 Å². The summed E-state index contributed by atoms with van der Waals surface area (Å²) in [6, 6.07) is 21.0. The number of primary sulfonamides is 1. The van der Waals surface area contributed by atoms with E-state index in [0.29, 0.717) is 17.8 Å². The number of thiocarbonyl (C=S) groups is 1. The summed E-state index contributed by atoms with van der Waals surface area (Å²) in [6.07, 6.45) is 0. The van der Waals surface area contributed by atoms with E-state index in [0.717, 1.165) is 14.1 Å². The van der Waals surface area contributed by atoms with Crippen molar-refractivity contribution < 1.29 is 13.2 Å². The summed E-state index contributed by atoms with van der Waals surface area (Å²) in [5.41, 5.74) is 8.62. The molecule has 0 aromatic heterocycles. The molecule has 3 aromatic carbocycles. The van der Waals surface area contributed by atoms with E-state index in [1.165, 1.54) is 18.2 Å². The molecule has 1 amide bonds. The zero-order chi connectivity index (χ0) is 23.8. The molecule has 0 bridgehead atoms. The SMILES string of the molecule is NC(=S)N(/N=C1\C(=O)N(Cc2ccccc2)c2ccc(I)cc21)c1cccc(S(N)(=O)=O)c1. The third-order valence-electron chi connectivity index (χ3n) is 4.94. The molecule has 0 saturated heterocycles. The van der Waals surface area contributed by atoms with Crippen molar-refractivity contribution in [2.75, 3.05) is 9.91 Å².